The summed E-state index contributed by atoms with van der Waals surface area (Å²) in [6, 6.07) is 0. The SMILES string of the molecule is CCOC(=O)c1n[nH]c(C(=O)OCC)c1Br. The predicted octanol–water partition coefficient (Wildman–Crippen LogP) is 1.53. The third-order valence-corrected chi connectivity index (χ3v) is 2.43. The first-order valence-electron chi connectivity index (χ1n) is 4.69. The number of hydrogen-bond donors (Lipinski definition) is 1. The van der Waals surface area contributed by atoms with Gasteiger partial charge in [0.25, 0.3) is 0 Å². The molecule has 0 saturated carbocycles. The van der Waals surface area contributed by atoms with Crippen LogP contribution in [0.3, 0.4) is 0 Å². The lowest BCUT2D eigenvalue weighted by Crippen LogP contribution is -2.07. The summed E-state index contributed by atoms with van der Waals surface area (Å²) in [6.45, 7) is 3.87. The Labute approximate surface area is 100 Å². The molecular weight excluding hydrogens is 280 g/mol. The van der Waals surface area contributed by atoms with Crippen LogP contribution in [-0.4, -0.2) is 35.3 Å². The standard InChI is InChI=1S/C9H11BrN2O4/c1-3-15-8(13)6-5(10)7(12-11-6)9(14)16-4-2/h3-4H2,1-2H3,(H,11,12). The Bertz CT molecular complexity index is 367. The van der Waals surface area contributed by atoms with Crippen molar-refractivity contribution < 1.29 is 19.1 Å². The molecule has 0 fully saturated rings. The number of esters is 2. The Balaban J connectivity index is 2.92. The molecule has 1 rings (SSSR count). The summed E-state index contributed by atoms with van der Waals surface area (Å²) >= 11 is 3.10. The number of nitrogens with zero attached hydrogens (tertiary/aromatic N) is 1. The van der Waals surface area contributed by atoms with Crippen LogP contribution < -0.4 is 0 Å². The van der Waals surface area contributed by atoms with E-state index in [2.05, 4.69) is 26.1 Å². The third-order valence-electron chi connectivity index (χ3n) is 1.66. The lowest BCUT2D eigenvalue weighted by Gasteiger charge is -1.99. The van der Waals surface area contributed by atoms with Crippen LogP contribution in [0.1, 0.15) is 34.8 Å². The first kappa shape index (κ1) is 12.7. The van der Waals surface area contributed by atoms with Gasteiger partial charge in [-0.25, -0.2) is 9.59 Å². The van der Waals surface area contributed by atoms with Crippen molar-refractivity contribution >= 4 is 27.9 Å². The second kappa shape index (κ2) is 5.64. The van der Waals surface area contributed by atoms with Crippen molar-refractivity contribution in [1.29, 1.82) is 0 Å². The van der Waals surface area contributed by atoms with Crippen LogP contribution in [0.4, 0.5) is 0 Å². The smallest absolute Gasteiger partial charge is 0.360 e. The third kappa shape index (κ3) is 2.60. The van der Waals surface area contributed by atoms with Crippen molar-refractivity contribution in [1.82, 2.24) is 10.2 Å². The molecule has 7 heteroatoms. The molecule has 1 aromatic rings. The van der Waals surface area contributed by atoms with Gasteiger partial charge in [0.1, 0.15) is 0 Å². The highest BCUT2D eigenvalue weighted by atomic mass is 79.9. The molecule has 0 saturated heterocycles. The highest BCUT2D eigenvalue weighted by Crippen LogP contribution is 2.20. The molecule has 0 aromatic carbocycles. The fourth-order valence-electron chi connectivity index (χ4n) is 1.00. The average Bonchev–Trinajstić information content (AvgIpc) is 2.61. The number of H-pyrrole nitrogens is 1. The predicted molar refractivity (Wildman–Crippen MR) is 58.2 cm³/mol. The molecule has 88 valence electrons. The summed E-state index contributed by atoms with van der Waals surface area (Å²) in [5.41, 5.74) is 0.134. The molecule has 0 amide bonds. The molecule has 16 heavy (non-hydrogen) atoms. The van der Waals surface area contributed by atoms with Crippen molar-refractivity contribution in [2.24, 2.45) is 0 Å². The highest BCUT2D eigenvalue weighted by Gasteiger charge is 2.23. The molecule has 0 aliphatic carbocycles. The van der Waals surface area contributed by atoms with Gasteiger partial charge in [0, 0.05) is 0 Å². The van der Waals surface area contributed by atoms with E-state index >= 15 is 0 Å². The summed E-state index contributed by atoms with van der Waals surface area (Å²) in [5.74, 6) is -1.17. The number of rotatable bonds is 4. The fourth-order valence-corrected chi connectivity index (χ4v) is 1.50. The number of aromatic amines is 1. The van der Waals surface area contributed by atoms with E-state index in [-0.39, 0.29) is 29.1 Å². The Hall–Kier alpha value is -1.37. The van der Waals surface area contributed by atoms with Gasteiger partial charge >= 0.3 is 11.9 Å². The monoisotopic (exact) mass is 290 g/mol. The minimum atomic E-state index is -0.596. The maximum Gasteiger partial charge on any atom is 0.360 e. The molecule has 1 N–H and O–H groups in total. The van der Waals surface area contributed by atoms with E-state index in [9.17, 15) is 9.59 Å². The zero-order chi connectivity index (χ0) is 12.1. The van der Waals surface area contributed by atoms with E-state index in [1.807, 2.05) is 0 Å². The van der Waals surface area contributed by atoms with Crippen LogP contribution in [0.2, 0.25) is 0 Å². The van der Waals surface area contributed by atoms with Gasteiger partial charge in [0.2, 0.25) is 0 Å². The number of carbonyl (C=O) groups excluding carboxylic acids is 2. The highest BCUT2D eigenvalue weighted by molar-refractivity contribution is 9.10. The minimum absolute atomic E-state index is 0.0323. The quantitative estimate of drug-likeness (QED) is 0.851. The fraction of sp³-hybridized carbons (Fsp3) is 0.444. The summed E-state index contributed by atoms with van der Waals surface area (Å²) in [5, 5.41) is 6.12. The number of ether oxygens (including phenoxy) is 2. The van der Waals surface area contributed by atoms with Crippen molar-refractivity contribution in [2.45, 2.75) is 13.8 Å². The molecule has 0 unspecified atom stereocenters. The molecule has 0 aliphatic rings. The lowest BCUT2D eigenvalue weighted by molar-refractivity contribution is 0.0513. The number of nitrogens with one attached hydrogen (secondary N) is 1. The number of hydrogen-bond acceptors (Lipinski definition) is 5. The van der Waals surface area contributed by atoms with Crippen LogP contribution in [-0.2, 0) is 9.47 Å². The molecule has 0 radical (unpaired) electrons. The van der Waals surface area contributed by atoms with E-state index in [4.69, 9.17) is 9.47 Å². The first-order valence-corrected chi connectivity index (χ1v) is 5.49. The molecule has 0 atom stereocenters. The molecule has 6 nitrogen and oxygen atoms in total. The maximum absolute atomic E-state index is 11.4. The van der Waals surface area contributed by atoms with E-state index in [0.717, 1.165) is 0 Å². The van der Waals surface area contributed by atoms with Gasteiger partial charge in [-0.2, -0.15) is 5.10 Å². The number of aromatic nitrogens is 2. The van der Waals surface area contributed by atoms with Gasteiger partial charge in [0.05, 0.1) is 17.7 Å². The van der Waals surface area contributed by atoms with Crippen LogP contribution in [0.15, 0.2) is 4.47 Å². The van der Waals surface area contributed by atoms with E-state index < -0.39 is 11.9 Å². The Morgan fingerprint density at radius 1 is 1.25 bits per heavy atom. The van der Waals surface area contributed by atoms with Crippen molar-refractivity contribution in [3.63, 3.8) is 0 Å². The number of carbonyl (C=O) groups is 2. The van der Waals surface area contributed by atoms with Crippen LogP contribution in [0.5, 0.6) is 0 Å². The van der Waals surface area contributed by atoms with Gasteiger partial charge in [-0.3, -0.25) is 5.10 Å². The van der Waals surface area contributed by atoms with Gasteiger partial charge in [-0.05, 0) is 29.8 Å². The zero-order valence-corrected chi connectivity index (χ0v) is 10.5. The van der Waals surface area contributed by atoms with E-state index in [0.29, 0.717) is 0 Å². The summed E-state index contributed by atoms with van der Waals surface area (Å²) in [7, 11) is 0. The Morgan fingerprint density at radius 2 is 1.81 bits per heavy atom. The van der Waals surface area contributed by atoms with Crippen molar-refractivity contribution in [2.75, 3.05) is 13.2 Å². The summed E-state index contributed by atoms with van der Waals surface area (Å²) in [6.07, 6.45) is 0. The summed E-state index contributed by atoms with van der Waals surface area (Å²) < 4.78 is 9.78. The number of halogens is 1. The van der Waals surface area contributed by atoms with Crippen LogP contribution >= 0.6 is 15.9 Å². The topological polar surface area (TPSA) is 81.3 Å². The average molecular weight is 291 g/mol. The van der Waals surface area contributed by atoms with Crippen molar-refractivity contribution in [3.8, 4) is 0 Å². The largest absolute Gasteiger partial charge is 0.461 e. The Kier molecular flexibility index (Phi) is 4.48. The maximum atomic E-state index is 11.4. The second-order valence-corrected chi connectivity index (χ2v) is 3.50. The molecule has 0 spiro atoms. The van der Waals surface area contributed by atoms with Crippen LogP contribution in [0, 0.1) is 0 Å². The molecule has 1 heterocycles. The summed E-state index contributed by atoms with van der Waals surface area (Å²) in [4.78, 5) is 22.8. The van der Waals surface area contributed by atoms with E-state index in [1.165, 1.54) is 0 Å². The second-order valence-electron chi connectivity index (χ2n) is 2.70. The molecule has 0 bridgehead atoms. The van der Waals surface area contributed by atoms with Gasteiger partial charge in [-0.15, -0.1) is 0 Å². The Morgan fingerprint density at radius 3 is 2.38 bits per heavy atom. The molecule has 1 aromatic heterocycles. The normalized spacial score (nSPS) is 9.94. The van der Waals surface area contributed by atoms with Gasteiger partial charge < -0.3 is 9.47 Å². The van der Waals surface area contributed by atoms with Crippen LogP contribution in [0.25, 0.3) is 0 Å². The first-order chi connectivity index (χ1) is 7.61. The zero-order valence-electron chi connectivity index (χ0n) is 8.87. The molecule has 0 aliphatic heterocycles. The molecular formula is C9H11BrN2O4. The van der Waals surface area contributed by atoms with Gasteiger partial charge in [-0.1, -0.05) is 0 Å². The van der Waals surface area contributed by atoms with Gasteiger partial charge in [0.15, 0.2) is 11.4 Å². The minimum Gasteiger partial charge on any atom is -0.461 e. The van der Waals surface area contributed by atoms with Crippen molar-refractivity contribution in [3.05, 3.63) is 15.9 Å². The van der Waals surface area contributed by atoms with E-state index in [1.54, 1.807) is 13.8 Å². The lowest BCUT2D eigenvalue weighted by atomic mass is 10.3.